The van der Waals surface area contributed by atoms with Gasteiger partial charge < -0.3 is 0 Å². The number of rotatable bonds is 4. The third kappa shape index (κ3) is 3.33. The predicted octanol–water partition coefficient (Wildman–Crippen LogP) is 3.30. The van der Waals surface area contributed by atoms with E-state index in [1.54, 1.807) is 11.1 Å². The summed E-state index contributed by atoms with van der Waals surface area (Å²) in [6.07, 6.45) is 9.59. The van der Waals surface area contributed by atoms with Crippen molar-refractivity contribution in [3.8, 4) is 0 Å². The monoisotopic (exact) mass is 313 g/mol. The molecule has 1 aromatic rings. The molecule has 2 saturated heterocycles. The summed E-state index contributed by atoms with van der Waals surface area (Å²) in [5.41, 5.74) is 3.12. The van der Waals surface area contributed by atoms with Gasteiger partial charge in [0.25, 0.3) is 0 Å². The Balaban J connectivity index is 1.25. The van der Waals surface area contributed by atoms with Crippen molar-refractivity contribution in [3.63, 3.8) is 0 Å². The van der Waals surface area contributed by atoms with Crippen LogP contribution < -0.4 is 0 Å². The van der Waals surface area contributed by atoms with Crippen molar-refractivity contribution >= 4 is 0 Å². The highest BCUT2D eigenvalue weighted by molar-refractivity contribution is 5.28. The fraction of sp³-hybridized carbons (Fsp3) is 0.700. The van der Waals surface area contributed by atoms with E-state index in [4.69, 9.17) is 0 Å². The van der Waals surface area contributed by atoms with E-state index < -0.39 is 0 Å². The van der Waals surface area contributed by atoms with Crippen LogP contribution in [-0.4, -0.2) is 53.7 Å². The first-order chi connectivity index (χ1) is 11.3. The summed E-state index contributed by atoms with van der Waals surface area (Å²) in [5, 5.41) is 5.24. The second-order valence-electron chi connectivity index (χ2n) is 7.71. The molecule has 0 bridgehead atoms. The summed E-state index contributed by atoms with van der Waals surface area (Å²) < 4.78 is 0. The SMILES string of the molecule is CN1C(CCCN2CCc3ccccc3C2)CC2CCCCN21. The fourth-order valence-corrected chi connectivity index (χ4v) is 4.92. The molecule has 0 spiro atoms. The minimum atomic E-state index is 0.787. The van der Waals surface area contributed by atoms with Crippen molar-refractivity contribution in [1.82, 2.24) is 14.9 Å². The first-order valence-electron chi connectivity index (χ1n) is 9.60. The summed E-state index contributed by atoms with van der Waals surface area (Å²) in [6.45, 7) is 4.96. The van der Waals surface area contributed by atoms with Gasteiger partial charge >= 0.3 is 0 Å². The van der Waals surface area contributed by atoms with Crippen LogP contribution in [0.25, 0.3) is 0 Å². The van der Waals surface area contributed by atoms with Crippen molar-refractivity contribution in [2.75, 3.05) is 26.7 Å². The molecule has 0 aliphatic carbocycles. The van der Waals surface area contributed by atoms with Crippen LogP contribution >= 0.6 is 0 Å². The van der Waals surface area contributed by atoms with Crippen molar-refractivity contribution in [2.45, 2.75) is 63.6 Å². The summed E-state index contributed by atoms with van der Waals surface area (Å²) in [5.74, 6) is 0. The number of hydrogen-bond donors (Lipinski definition) is 0. The highest BCUT2D eigenvalue weighted by Crippen LogP contribution is 2.32. The molecular weight excluding hydrogens is 282 g/mol. The molecule has 126 valence electrons. The number of piperidine rings is 1. The van der Waals surface area contributed by atoms with E-state index in [1.807, 2.05) is 0 Å². The Hall–Kier alpha value is -0.900. The van der Waals surface area contributed by atoms with Gasteiger partial charge in [0.1, 0.15) is 0 Å². The van der Waals surface area contributed by atoms with Crippen LogP contribution in [0, 0.1) is 0 Å². The predicted molar refractivity (Wildman–Crippen MR) is 95.2 cm³/mol. The Kier molecular flexibility index (Phi) is 4.70. The van der Waals surface area contributed by atoms with E-state index in [-0.39, 0.29) is 0 Å². The van der Waals surface area contributed by atoms with Gasteiger partial charge in [0.05, 0.1) is 0 Å². The van der Waals surface area contributed by atoms with Crippen LogP contribution in [0.15, 0.2) is 24.3 Å². The molecule has 1 aromatic carbocycles. The topological polar surface area (TPSA) is 9.72 Å². The highest BCUT2D eigenvalue weighted by atomic mass is 15.7. The standard InChI is InChI=1S/C20H31N3/c1-21-19(15-20-9-4-5-13-23(20)21)10-6-12-22-14-11-17-7-2-3-8-18(17)16-22/h2-3,7-8,19-20H,4-6,9-16H2,1H3. The molecule has 4 rings (SSSR count). The summed E-state index contributed by atoms with van der Waals surface area (Å²) in [7, 11) is 2.33. The average molecular weight is 313 g/mol. The molecular formula is C20H31N3. The molecule has 0 aromatic heterocycles. The number of nitrogens with zero attached hydrogens (tertiary/aromatic N) is 3. The summed E-state index contributed by atoms with van der Waals surface area (Å²) >= 11 is 0. The van der Waals surface area contributed by atoms with Crippen molar-refractivity contribution in [2.24, 2.45) is 0 Å². The molecule has 3 aliphatic heterocycles. The van der Waals surface area contributed by atoms with E-state index in [0.717, 1.165) is 18.6 Å². The Morgan fingerprint density at radius 2 is 1.96 bits per heavy atom. The van der Waals surface area contributed by atoms with Gasteiger partial charge in [-0.15, -0.1) is 0 Å². The zero-order valence-electron chi connectivity index (χ0n) is 14.6. The van der Waals surface area contributed by atoms with Crippen LogP contribution in [0.1, 0.15) is 49.7 Å². The summed E-state index contributed by atoms with van der Waals surface area (Å²) in [6, 6.07) is 10.6. The molecule has 3 nitrogen and oxygen atoms in total. The van der Waals surface area contributed by atoms with E-state index >= 15 is 0 Å². The number of hydrogen-bond acceptors (Lipinski definition) is 3. The Bertz CT molecular complexity index is 529. The van der Waals surface area contributed by atoms with Gasteiger partial charge in [-0.2, -0.15) is 0 Å². The maximum Gasteiger partial charge on any atom is 0.0261 e. The smallest absolute Gasteiger partial charge is 0.0261 e. The summed E-state index contributed by atoms with van der Waals surface area (Å²) in [4.78, 5) is 2.66. The zero-order valence-corrected chi connectivity index (χ0v) is 14.6. The molecule has 23 heavy (non-hydrogen) atoms. The number of hydrazine groups is 1. The second kappa shape index (κ2) is 6.92. The lowest BCUT2D eigenvalue weighted by Crippen LogP contribution is -2.43. The molecule has 2 unspecified atom stereocenters. The van der Waals surface area contributed by atoms with E-state index in [0.29, 0.717) is 0 Å². The number of fused-ring (bicyclic) bond motifs is 2. The van der Waals surface area contributed by atoms with Gasteiger partial charge in [-0.3, -0.25) is 4.90 Å². The van der Waals surface area contributed by atoms with Gasteiger partial charge in [0.2, 0.25) is 0 Å². The van der Waals surface area contributed by atoms with E-state index in [9.17, 15) is 0 Å². The van der Waals surface area contributed by atoms with Gasteiger partial charge in [-0.25, -0.2) is 10.0 Å². The van der Waals surface area contributed by atoms with Gasteiger partial charge in [-0.05, 0) is 56.2 Å². The van der Waals surface area contributed by atoms with E-state index in [2.05, 4.69) is 46.2 Å². The lowest BCUT2D eigenvalue weighted by Gasteiger charge is -2.35. The molecule has 0 radical (unpaired) electrons. The van der Waals surface area contributed by atoms with Gasteiger partial charge in [0.15, 0.2) is 0 Å². The van der Waals surface area contributed by atoms with Crippen molar-refractivity contribution in [1.29, 1.82) is 0 Å². The fourth-order valence-electron chi connectivity index (χ4n) is 4.92. The minimum Gasteiger partial charge on any atom is -0.299 e. The van der Waals surface area contributed by atoms with Gasteiger partial charge in [-0.1, -0.05) is 30.7 Å². The normalized spacial score (nSPS) is 29.4. The first kappa shape index (κ1) is 15.6. The molecule has 3 heterocycles. The van der Waals surface area contributed by atoms with Crippen molar-refractivity contribution < 1.29 is 0 Å². The maximum absolute atomic E-state index is 2.66. The van der Waals surface area contributed by atoms with Crippen LogP contribution in [-0.2, 0) is 13.0 Å². The highest BCUT2D eigenvalue weighted by Gasteiger charge is 2.37. The van der Waals surface area contributed by atoms with E-state index in [1.165, 1.54) is 64.6 Å². The average Bonchev–Trinajstić information content (AvgIpc) is 2.91. The minimum absolute atomic E-state index is 0.787. The zero-order chi connectivity index (χ0) is 15.6. The van der Waals surface area contributed by atoms with Crippen molar-refractivity contribution in [3.05, 3.63) is 35.4 Å². The lowest BCUT2D eigenvalue weighted by molar-refractivity contribution is -0.0210. The third-order valence-corrected chi connectivity index (χ3v) is 6.30. The Morgan fingerprint density at radius 3 is 2.83 bits per heavy atom. The lowest BCUT2D eigenvalue weighted by atomic mass is 9.97. The molecule has 3 aliphatic rings. The maximum atomic E-state index is 2.66. The Morgan fingerprint density at radius 1 is 1.09 bits per heavy atom. The van der Waals surface area contributed by atoms with Crippen LogP contribution in [0.5, 0.6) is 0 Å². The third-order valence-electron chi connectivity index (χ3n) is 6.30. The first-order valence-corrected chi connectivity index (χ1v) is 9.60. The van der Waals surface area contributed by atoms with Gasteiger partial charge in [0, 0.05) is 38.8 Å². The molecule has 0 saturated carbocycles. The van der Waals surface area contributed by atoms with Crippen LogP contribution in [0.2, 0.25) is 0 Å². The van der Waals surface area contributed by atoms with Crippen LogP contribution in [0.3, 0.4) is 0 Å². The quantitative estimate of drug-likeness (QED) is 0.844. The molecule has 0 amide bonds. The molecule has 2 fully saturated rings. The Labute approximate surface area is 141 Å². The van der Waals surface area contributed by atoms with Crippen LogP contribution in [0.4, 0.5) is 0 Å². The second-order valence-corrected chi connectivity index (χ2v) is 7.71. The largest absolute Gasteiger partial charge is 0.299 e. The molecule has 0 N–H and O–H groups in total. The molecule has 2 atom stereocenters. The molecule has 3 heteroatoms. The number of benzene rings is 1.